The number of rotatable bonds is 8. The van der Waals surface area contributed by atoms with Gasteiger partial charge in [0.25, 0.3) is 0 Å². The summed E-state index contributed by atoms with van der Waals surface area (Å²) in [5, 5.41) is 7.38. The van der Waals surface area contributed by atoms with E-state index in [1.807, 2.05) is 13.1 Å². The number of aryl methyl sites for hydroxylation is 1. The standard InChI is InChI=1S/C18H24F2N4S.HI/c1-3-14-12-24-16(25-14)9-11-23-18(21-4-2)22-10-8-13-6-5-7-15(19)17(13)20;/h5-7,12H,3-4,8-11H2,1-2H3,(H2,21,22,23);1H. The van der Waals surface area contributed by atoms with Crippen molar-refractivity contribution >= 4 is 41.3 Å². The van der Waals surface area contributed by atoms with Gasteiger partial charge in [0.05, 0.1) is 5.01 Å². The van der Waals surface area contributed by atoms with Crippen molar-refractivity contribution in [3.63, 3.8) is 0 Å². The summed E-state index contributed by atoms with van der Waals surface area (Å²) in [6.45, 7) is 5.93. The number of hydrogen-bond donors (Lipinski definition) is 2. The minimum atomic E-state index is -0.812. The first-order valence-corrected chi connectivity index (χ1v) is 9.34. The summed E-state index contributed by atoms with van der Waals surface area (Å²) in [5.41, 5.74) is 0.359. The average Bonchev–Trinajstić information content (AvgIpc) is 3.06. The molecule has 2 aromatic rings. The zero-order chi connectivity index (χ0) is 18.1. The van der Waals surface area contributed by atoms with Crippen LogP contribution in [0.3, 0.4) is 0 Å². The molecule has 0 radical (unpaired) electrons. The van der Waals surface area contributed by atoms with Gasteiger partial charge in [-0.15, -0.1) is 35.3 Å². The van der Waals surface area contributed by atoms with Gasteiger partial charge in [-0.3, -0.25) is 4.99 Å². The summed E-state index contributed by atoms with van der Waals surface area (Å²) < 4.78 is 26.8. The van der Waals surface area contributed by atoms with Gasteiger partial charge in [0.15, 0.2) is 17.6 Å². The van der Waals surface area contributed by atoms with E-state index < -0.39 is 11.6 Å². The van der Waals surface area contributed by atoms with Gasteiger partial charge in [-0.25, -0.2) is 13.8 Å². The van der Waals surface area contributed by atoms with Gasteiger partial charge in [-0.1, -0.05) is 19.1 Å². The van der Waals surface area contributed by atoms with Crippen LogP contribution in [0.15, 0.2) is 29.4 Å². The zero-order valence-electron chi connectivity index (χ0n) is 15.0. The first-order chi connectivity index (χ1) is 12.1. The molecule has 0 saturated heterocycles. The van der Waals surface area contributed by atoms with Gasteiger partial charge in [0.2, 0.25) is 0 Å². The number of hydrogen-bond acceptors (Lipinski definition) is 3. The van der Waals surface area contributed by atoms with Gasteiger partial charge >= 0.3 is 0 Å². The molecule has 26 heavy (non-hydrogen) atoms. The molecule has 2 N–H and O–H groups in total. The summed E-state index contributed by atoms with van der Waals surface area (Å²) in [7, 11) is 0. The number of nitrogens with one attached hydrogen (secondary N) is 2. The smallest absolute Gasteiger partial charge is 0.191 e. The van der Waals surface area contributed by atoms with E-state index in [0.29, 0.717) is 31.0 Å². The van der Waals surface area contributed by atoms with Gasteiger partial charge < -0.3 is 10.6 Å². The van der Waals surface area contributed by atoms with Crippen LogP contribution in [0.5, 0.6) is 0 Å². The lowest BCUT2D eigenvalue weighted by Gasteiger charge is -2.11. The molecule has 1 heterocycles. The number of aromatic nitrogens is 1. The second-order valence-electron chi connectivity index (χ2n) is 5.47. The molecule has 0 atom stereocenters. The summed E-state index contributed by atoms with van der Waals surface area (Å²) in [6.07, 6.45) is 4.10. The maximum Gasteiger partial charge on any atom is 0.191 e. The van der Waals surface area contributed by atoms with Crippen molar-refractivity contribution in [3.8, 4) is 0 Å². The summed E-state index contributed by atoms with van der Waals surface area (Å²) >= 11 is 1.72. The molecule has 4 nitrogen and oxygen atoms in total. The lowest BCUT2D eigenvalue weighted by Crippen LogP contribution is -2.38. The molecular formula is C18H25F2IN4S. The molecule has 0 unspecified atom stereocenters. The molecule has 0 amide bonds. The summed E-state index contributed by atoms with van der Waals surface area (Å²) in [4.78, 5) is 10.2. The Kier molecular flexibility index (Phi) is 10.6. The normalized spacial score (nSPS) is 11.2. The van der Waals surface area contributed by atoms with E-state index in [0.717, 1.165) is 30.5 Å². The van der Waals surface area contributed by atoms with Crippen molar-refractivity contribution in [3.05, 3.63) is 51.5 Å². The van der Waals surface area contributed by atoms with Crippen molar-refractivity contribution in [2.24, 2.45) is 4.99 Å². The van der Waals surface area contributed by atoms with Crippen LogP contribution in [0.2, 0.25) is 0 Å². The van der Waals surface area contributed by atoms with E-state index in [9.17, 15) is 8.78 Å². The number of benzene rings is 1. The van der Waals surface area contributed by atoms with Crippen molar-refractivity contribution < 1.29 is 8.78 Å². The Morgan fingerprint density at radius 2 is 2.00 bits per heavy atom. The zero-order valence-corrected chi connectivity index (χ0v) is 18.2. The highest BCUT2D eigenvalue weighted by molar-refractivity contribution is 14.0. The number of guanidine groups is 1. The number of halogens is 3. The third kappa shape index (κ3) is 7.14. The Bertz CT molecular complexity index is 706. The molecule has 0 aliphatic carbocycles. The monoisotopic (exact) mass is 494 g/mol. The Morgan fingerprint density at radius 1 is 1.19 bits per heavy atom. The van der Waals surface area contributed by atoms with Crippen molar-refractivity contribution in [2.45, 2.75) is 33.1 Å². The van der Waals surface area contributed by atoms with Crippen molar-refractivity contribution in [1.82, 2.24) is 15.6 Å². The molecule has 144 valence electrons. The molecule has 0 spiro atoms. The van der Waals surface area contributed by atoms with Gasteiger partial charge in [-0.05, 0) is 31.4 Å². The fraction of sp³-hybridized carbons (Fsp3) is 0.444. The van der Waals surface area contributed by atoms with Crippen LogP contribution >= 0.6 is 35.3 Å². The van der Waals surface area contributed by atoms with Gasteiger partial charge in [0.1, 0.15) is 0 Å². The molecular weight excluding hydrogens is 469 g/mol. The largest absolute Gasteiger partial charge is 0.357 e. The molecule has 0 aliphatic heterocycles. The number of thiazole rings is 1. The summed E-state index contributed by atoms with van der Waals surface area (Å²) in [6, 6.07) is 4.24. The maximum atomic E-state index is 13.6. The van der Waals surface area contributed by atoms with Crippen LogP contribution in [-0.2, 0) is 19.3 Å². The van der Waals surface area contributed by atoms with Crippen LogP contribution in [0.25, 0.3) is 0 Å². The third-order valence-corrected chi connectivity index (χ3v) is 4.81. The highest BCUT2D eigenvalue weighted by Gasteiger charge is 2.07. The van der Waals surface area contributed by atoms with E-state index in [1.165, 1.54) is 10.9 Å². The van der Waals surface area contributed by atoms with Crippen LogP contribution < -0.4 is 10.6 Å². The Hall–Kier alpha value is -1.29. The Balaban J connectivity index is 0.00000338. The Labute approximate surface area is 174 Å². The minimum Gasteiger partial charge on any atom is -0.357 e. The third-order valence-electron chi connectivity index (χ3n) is 3.61. The molecule has 0 bridgehead atoms. The van der Waals surface area contributed by atoms with Gasteiger partial charge in [0, 0.05) is 37.1 Å². The lowest BCUT2D eigenvalue weighted by molar-refractivity contribution is 0.498. The first-order valence-electron chi connectivity index (χ1n) is 8.52. The number of nitrogens with zero attached hydrogens (tertiary/aromatic N) is 2. The first kappa shape index (κ1) is 22.8. The minimum absolute atomic E-state index is 0. The molecule has 1 aromatic carbocycles. The van der Waals surface area contributed by atoms with E-state index in [1.54, 1.807) is 17.4 Å². The molecule has 0 saturated carbocycles. The second-order valence-corrected chi connectivity index (χ2v) is 6.67. The molecule has 0 fully saturated rings. The molecule has 1 aromatic heterocycles. The van der Waals surface area contributed by atoms with E-state index >= 15 is 0 Å². The highest BCUT2D eigenvalue weighted by Crippen LogP contribution is 2.14. The van der Waals surface area contributed by atoms with Crippen molar-refractivity contribution in [1.29, 1.82) is 0 Å². The Morgan fingerprint density at radius 3 is 2.69 bits per heavy atom. The summed E-state index contributed by atoms with van der Waals surface area (Å²) in [5.74, 6) is -0.915. The van der Waals surface area contributed by atoms with Crippen LogP contribution in [0.4, 0.5) is 8.78 Å². The van der Waals surface area contributed by atoms with E-state index in [-0.39, 0.29) is 24.0 Å². The predicted molar refractivity (Wildman–Crippen MR) is 115 cm³/mol. The topological polar surface area (TPSA) is 49.3 Å². The van der Waals surface area contributed by atoms with E-state index in [4.69, 9.17) is 0 Å². The van der Waals surface area contributed by atoms with Crippen LogP contribution in [0.1, 0.15) is 29.3 Å². The average molecular weight is 494 g/mol. The highest BCUT2D eigenvalue weighted by atomic mass is 127. The maximum absolute atomic E-state index is 13.6. The van der Waals surface area contributed by atoms with E-state index in [2.05, 4.69) is 27.5 Å². The lowest BCUT2D eigenvalue weighted by atomic mass is 10.1. The van der Waals surface area contributed by atoms with Crippen LogP contribution in [0, 0.1) is 11.6 Å². The molecule has 2 rings (SSSR count). The predicted octanol–water partition coefficient (Wildman–Crippen LogP) is 3.94. The molecule has 8 heteroatoms. The van der Waals surface area contributed by atoms with Gasteiger partial charge in [-0.2, -0.15) is 0 Å². The van der Waals surface area contributed by atoms with Crippen LogP contribution in [-0.4, -0.2) is 30.6 Å². The molecule has 0 aliphatic rings. The fourth-order valence-electron chi connectivity index (χ4n) is 2.29. The number of aliphatic imine (C=N–C) groups is 1. The SMILES string of the molecule is CCNC(=NCCc1ncc(CC)s1)NCCc1cccc(F)c1F.I. The van der Waals surface area contributed by atoms with Crippen molar-refractivity contribution in [2.75, 3.05) is 19.6 Å². The fourth-order valence-corrected chi connectivity index (χ4v) is 3.14. The quantitative estimate of drug-likeness (QED) is 0.332. The second kappa shape index (κ2) is 12.2.